The molecule has 32 heavy (non-hydrogen) atoms. The van der Waals surface area contributed by atoms with Crippen molar-refractivity contribution in [1.82, 2.24) is 16.0 Å². The fourth-order valence-corrected chi connectivity index (χ4v) is 3.04. The molecule has 1 rings (SSSR count). The van der Waals surface area contributed by atoms with Crippen LogP contribution < -0.4 is 21.7 Å². The number of benzene rings is 1. The minimum Gasteiger partial charge on any atom is -0.480 e. The number of carbonyl (C=O) groups is 4. The third-order valence-electron chi connectivity index (χ3n) is 5.69. The van der Waals surface area contributed by atoms with Crippen molar-refractivity contribution >= 4 is 23.7 Å². The Morgan fingerprint density at radius 1 is 0.938 bits per heavy atom. The summed E-state index contributed by atoms with van der Waals surface area (Å²) in [5.74, 6) is -3.02. The average molecular weight is 449 g/mol. The lowest BCUT2D eigenvalue weighted by Crippen LogP contribution is -2.56. The van der Waals surface area contributed by atoms with Crippen molar-refractivity contribution in [2.24, 2.45) is 17.6 Å². The number of hydrogen-bond acceptors (Lipinski definition) is 5. The molecule has 178 valence electrons. The molecule has 3 amide bonds. The fourth-order valence-electron chi connectivity index (χ4n) is 3.04. The topological polar surface area (TPSA) is 151 Å². The predicted molar refractivity (Wildman–Crippen MR) is 122 cm³/mol. The molecule has 9 nitrogen and oxygen atoms in total. The van der Waals surface area contributed by atoms with Crippen molar-refractivity contribution in [1.29, 1.82) is 0 Å². The summed E-state index contributed by atoms with van der Waals surface area (Å²) in [4.78, 5) is 49.0. The van der Waals surface area contributed by atoms with Gasteiger partial charge < -0.3 is 26.8 Å². The van der Waals surface area contributed by atoms with E-state index in [1.165, 1.54) is 0 Å². The summed E-state index contributed by atoms with van der Waals surface area (Å²) in [6, 6.07) is 6.16. The van der Waals surface area contributed by atoms with Crippen LogP contribution in [0.25, 0.3) is 0 Å². The first-order chi connectivity index (χ1) is 15.1. The monoisotopic (exact) mass is 448 g/mol. The van der Waals surface area contributed by atoms with Gasteiger partial charge in [0.25, 0.3) is 0 Å². The van der Waals surface area contributed by atoms with E-state index in [0.29, 0.717) is 6.42 Å². The van der Waals surface area contributed by atoms with Gasteiger partial charge in [0.05, 0.1) is 12.6 Å². The molecular formula is C23H36N4O5. The highest BCUT2D eigenvalue weighted by Crippen LogP contribution is 2.10. The Hall–Kier alpha value is -2.94. The lowest BCUT2D eigenvalue weighted by Gasteiger charge is -2.26. The minimum atomic E-state index is -1.16. The summed E-state index contributed by atoms with van der Waals surface area (Å²) in [6.07, 6.45) is 1.43. The van der Waals surface area contributed by atoms with E-state index < -0.39 is 41.8 Å². The second-order valence-electron chi connectivity index (χ2n) is 8.15. The number of nitrogens with one attached hydrogen (secondary N) is 3. The van der Waals surface area contributed by atoms with Crippen LogP contribution in [0.2, 0.25) is 0 Å². The largest absolute Gasteiger partial charge is 0.480 e. The standard InChI is InChI=1S/C23H36N4O5/c1-5-14(3)19(24)21(29)25-13-18(28)27-20(15(4)6-2)22(30)26-17(23(31)32)12-16-10-8-7-9-11-16/h7-11,14-15,17,19-20H,5-6,12-13,24H2,1-4H3,(H,25,29)(H,26,30)(H,27,28)(H,31,32). The molecular weight excluding hydrogens is 412 g/mol. The lowest BCUT2D eigenvalue weighted by atomic mass is 9.97. The molecule has 0 bridgehead atoms. The third kappa shape index (κ3) is 8.66. The summed E-state index contributed by atoms with van der Waals surface area (Å²) in [5.41, 5.74) is 6.63. The first-order valence-corrected chi connectivity index (χ1v) is 11.0. The van der Waals surface area contributed by atoms with Gasteiger partial charge in [-0.1, -0.05) is 70.9 Å². The maximum Gasteiger partial charge on any atom is 0.326 e. The summed E-state index contributed by atoms with van der Waals surface area (Å²) in [6.45, 7) is 7.09. The van der Waals surface area contributed by atoms with Gasteiger partial charge in [-0.05, 0) is 17.4 Å². The summed E-state index contributed by atoms with van der Waals surface area (Å²) in [5, 5.41) is 17.2. The highest BCUT2D eigenvalue weighted by Gasteiger charge is 2.30. The minimum absolute atomic E-state index is 0.0331. The van der Waals surface area contributed by atoms with Crippen LogP contribution in [0.4, 0.5) is 0 Å². The molecule has 0 saturated carbocycles. The number of carboxylic acids is 1. The van der Waals surface area contributed by atoms with Gasteiger partial charge in [0, 0.05) is 6.42 Å². The molecule has 5 unspecified atom stereocenters. The number of amides is 3. The van der Waals surface area contributed by atoms with Crippen LogP contribution in [-0.2, 0) is 25.6 Å². The van der Waals surface area contributed by atoms with E-state index in [1.54, 1.807) is 31.2 Å². The summed E-state index contributed by atoms with van der Waals surface area (Å²) < 4.78 is 0. The van der Waals surface area contributed by atoms with Gasteiger partial charge in [-0.15, -0.1) is 0 Å². The SMILES string of the molecule is CCC(C)C(N)C(=O)NCC(=O)NC(C(=O)NC(Cc1ccccc1)C(=O)O)C(C)CC. The number of aliphatic carboxylic acids is 1. The lowest BCUT2D eigenvalue weighted by molar-refractivity contribution is -0.142. The number of carboxylic acid groups (broad SMARTS) is 1. The van der Waals surface area contributed by atoms with Gasteiger partial charge in [0.2, 0.25) is 17.7 Å². The second kappa shape index (κ2) is 13.5. The number of hydrogen-bond donors (Lipinski definition) is 5. The van der Waals surface area contributed by atoms with Crippen LogP contribution in [0.1, 0.15) is 46.1 Å². The van der Waals surface area contributed by atoms with Crippen molar-refractivity contribution in [3.63, 3.8) is 0 Å². The van der Waals surface area contributed by atoms with Crippen LogP contribution in [0, 0.1) is 11.8 Å². The molecule has 0 heterocycles. The van der Waals surface area contributed by atoms with Gasteiger partial charge in [0.15, 0.2) is 0 Å². The molecule has 0 aromatic heterocycles. The second-order valence-corrected chi connectivity index (χ2v) is 8.15. The molecule has 0 radical (unpaired) electrons. The van der Waals surface area contributed by atoms with Crippen LogP contribution in [-0.4, -0.2) is 53.5 Å². The Morgan fingerprint density at radius 2 is 1.53 bits per heavy atom. The molecule has 0 aliphatic rings. The molecule has 1 aromatic carbocycles. The molecule has 0 spiro atoms. The highest BCUT2D eigenvalue weighted by molar-refractivity contribution is 5.92. The third-order valence-corrected chi connectivity index (χ3v) is 5.69. The van der Waals surface area contributed by atoms with E-state index in [4.69, 9.17) is 5.73 Å². The Balaban J connectivity index is 2.77. The molecule has 0 saturated heterocycles. The van der Waals surface area contributed by atoms with Crippen molar-refractivity contribution in [3.8, 4) is 0 Å². The summed E-state index contributed by atoms with van der Waals surface area (Å²) >= 11 is 0. The molecule has 0 aliphatic heterocycles. The zero-order valence-electron chi connectivity index (χ0n) is 19.3. The fraction of sp³-hybridized carbons (Fsp3) is 0.565. The molecule has 0 aliphatic carbocycles. The number of nitrogens with two attached hydrogens (primary N) is 1. The Labute approximate surface area is 189 Å². The van der Waals surface area contributed by atoms with E-state index in [9.17, 15) is 24.3 Å². The Bertz CT molecular complexity index is 771. The van der Waals surface area contributed by atoms with E-state index in [0.717, 1.165) is 12.0 Å². The Morgan fingerprint density at radius 3 is 2.06 bits per heavy atom. The van der Waals surface area contributed by atoms with E-state index >= 15 is 0 Å². The normalized spacial score (nSPS) is 15.5. The maximum atomic E-state index is 12.9. The van der Waals surface area contributed by atoms with Crippen molar-refractivity contribution < 1.29 is 24.3 Å². The quantitative estimate of drug-likeness (QED) is 0.301. The number of rotatable bonds is 13. The molecule has 1 aromatic rings. The van der Waals surface area contributed by atoms with E-state index in [1.807, 2.05) is 26.8 Å². The Kier molecular flexibility index (Phi) is 11.4. The van der Waals surface area contributed by atoms with Crippen LogP contribution in [0.3, 0.4) is 0 Å². The predicted octanol–water partition coefficient (Wildman–Crippen LogP) is 0.819. The van der Waals surface area contributed by atoms with Gasteiger partial charge in [-0.3, -0.25) is 14.4 Å². The average Bonchev–Trinajstić information content (AvgIpc) is 2.79. The van der Waals surface area contributed by atoms with Gasteiger partial charge >= 0.3 is 5.97 Å². The van der Waals surface area contributed by atoms with E-state index in [-0.39, 0.29) is 24.8 Å². The molecule has 9 heteroatoms. The first kappa shape index (κ1) is 27.1. The summed E-state index contributed by atoms with van der Waals surface area (Å²) in [7, 11) is 0. The zero-order valence-corrected chi connectivity index (χ0v) is 19.3. The van der Waals surface area contributed by atoms with Crippen LogP contribution in [0.15, 0.2) is 30.3 Å². The van der Waals surface area contributed by atoms with E-state index in [2.05, 4.69) is 16.0 Å². The van der Waals surface area contributed by atoms with Crippen LogP contribution >= 0.6 is 0 Å². The van der Waals surface area contributed by atoms with Gasteiger partial charge in [-0.25, -0.2) is 4.79 Å². The van der Waals surface area contributed by atoms with Crippen molar-refractivity contribution in [2.45, 2.75) is 65.1 Å². The van der Waals surface area contributed by atoms with Gasteiger partial charge in [0.1, 0.15) is 12.1 Å². The van der Waals surface area contributed by atoms with Crippen molar-refractivity contribution in [3.05, 3.63) is 35.9 Å². The molecule has 0 fully saturated rings. The number of carbonyl (C=O) groups excluding carboxylic acids is 3. The molecule has 5 atom stereocenters. The maximum absolute atomic E-state index is 12.9. The smallest absolute Gasteiger partial charge is 0.326 e. The zero-order chi connectivity index (χ0) is 24.3. The van der Waals surface area contributed by atoms with Crippen LogP contribution in [0.5, 0.6) is 0 Å². The van der Waals surface area contributed by atoms with Crippen molar-refractivity contribution in [2.75, 3.05) is 6.54 Å². The first-order valence-electron chi connectivity index (χ1n) is 11.0. The van der Waals surface area contributed by atoms with Gasteiger partial charge in [-0.2, -0.15) is 0 Å². The highest BCUT2D eigenvalue weighted by atomic mass is 16.4. The molecule has 6 N–H and O–H groups in total.